The number of carbonyl (C=O) groups excluding carboxylic acids is 2. The highest BCUT2D eigenvalue weighted by molar-refractivity contribution is 7.99. The average Bonchev–Trinajstić information content (AvgIpc) is 3.12. The van der Waals surface area contributed by atoms with Crippen molar-refractivity contribution in [3.8, 4) is 5.75 Å². The van der Waals surface area contributed by atoms with Gasteiger partial charge in [-0.05, 0) is 30.3 Å². The predicted octanol–water partition coefficient (Wildman–Crippen LogP) is 2.76. The Balaban J connectivity index is 1.55. The van der Waals surface area contributed by atoms with Gasteiger partial charge in [0.1, 0.15) is 23.1 Å². The first kappa shape index (κ1) is 22.2. The molecule has 11 heteroatoms. The molecule has 162 valence electrons. The van der Waals surface area contributed by atoms with E-state index in [1.807, 2.05) is 0 Å². The number of nitrogens with one attached hydrogen (secondary N) is 2. The number of benzene rings is 2. The van der Waals surface area contributed by atoms with E-state index in [0.29, 0.717) is 22.3 Å². The summed E-state index contributed by atoms with van der Waals surface area (Å²) in [7, 11) is 3.20. The fourth-order valence-electron chi connectivity index (χ4n) is 2.57. The molecule has 0 aliphatic carbocycles. The van der Waals surface area contributed by atoms with Gasteiger partial charge in [-0.15, -0.1) is 10.2 Å². The zero-order valence-electron chi connectivity index (χ0n) is 16.7. The number of methoxy groups -OCH3 is 1. The Kier molecular flexibility index (Phi) is 7.19. The van der Waals surface area contributed by atoms with Crippen LogP contribution in [0.1, 0.15) is 16.2 Å². The standard InChI is InChI=1S/C20H19F2N5O3S/c1-27-16(10-23-19(29)12-5-3-6-13(9-12)30-2)25-26-20(27)31-11-17(28)24-18-14(21)7-4-8-15(18)22/h3-9H,10-11H2,1-2H3,(H,23,29)(H,24,28). The molecule has 0 unspecified atom stereocenters. The molecular weight excluding hydrogens is 428 g/mol. The number of halogens is 2. The minimum Gasteiger partial charge on any atom is -0.497 e. The monoisotopic (exact) mass is 447 g/mol. The zero-order valence-corrected chi connectivity index (χ0v) is 17.5. The first-order valence-corrected chi connectivity index (χ1v) is 10.0. The topological polar surface area (TPSA) is 98.1 Å². The van der Waals surface area contributed by atoms with Crippen LogP contribution in [0, 0.1) is 11.6 Å². The van der Waals surface area contributed by atoms with Gasteiger partial charge in [-0.2, -0.15) is 0 Å². The molecule has 1 aromatic heterocycles. The smallest absolute Gasteiger partial charge is 0.251 e. The summed E-state index contributed by atoms with van der Waals surface area (Å²) in [5.74, 6) is -1.70. The van der Waals surface area contributed by atoms with Crippen LogP contribution in [0.2, 0.25) is 0 Å². The second kappa shape index (κ2) is 10.0. The molecule has 1 heterocycles. The number of nitrogens with zero attached hydrogens (tertiary/aromatic N) is 3. The highest BCUT2D eigenvalue weighted by Crippen LogP contribution is 2.20. The predicted molar refractivity (Wildman–Crippen MR) is 111 cm³/mol. The number of rotatable bonds is 8. The van der Waals surface area contributed by atoms with Crippen LogP contribution >= 0.6 is 11.8 Å². The van der Waals surface area contributed by atoms with Crippen LogP contribution in [0.25, 0.3) is 0 Å². The molecule has 3 aromatic rings. The molecule has 3 rings (SSSR count). The van der Waals surface area contributed by atoms with Gasteiger partial charge in [0.2, 0.25) is 5.91 Å². The molecule has 0 aliphatic heterocycles. The van der Waals surface area contributed by atoms with Crippen molar-refractivity contribution < 1.29 is 23.1 Å². The van der Waals surface area contributed by atoms with Crippen molar-refractivity contribution in [1.82, 2.24) is 20.1 Å². The molecule has 31 heavy (non-hydrogen) atoms. The van der Waals surface area contributed by atoms with E-state index in [2.05, 4.69) is 20.8 Å². The van der Waals surface area contributed by atoms with Gasteiger partial charge in [0.05, 0.1) is 19.4 Å². The summed E-state index contributed by atoms with van der Waals surface area (Å²) < 4.78 is 34.0. The summed E-state index contributed by atoms with van der Waals surface area (Å²) in [5, 5.41) is 13.4. The second-order valence-electron chi connectivity index (χ2n) is 6.31. The molecule has 0 fully saturated rings. The van der Waals surface area contributed by atoms with Crippen LogP contribution in [0.3, 0.4) is 0 Å². The van der Waals surface area contributed by atoms with Crippen LogP contribution < -0.4 is 15.4 Å². The van der Waals surface area contributed by atoms with Crippen LogP contribution in [-0.4, -0.2) is 39.4 Å². The van der Waals surface area contributed by atoms with E-state index in [9.17, 15) is 18.4 Å². The number of carbonyl (C=O) groups is 2. The van der Waals surface area contributed by atoms with E-state index < -0.39 is 23.2 Å². The molecule has 0 atom stereocenters. The van der Waals surface area contributed by atoms with Gasteiger partial charge < -0.3 is 19.9 Å². The number of anilines is 1. The number of hydrogen-bond donors (Lipinski definition) is 2. The average molecular weight is 447 g/mol. The van der Waals surface area contributed by atoms with Gasteiger partial charge in [0.15, 0.2) is 11.0 Å². The molecule has 0 radical (unpaired) electrons. The minimum atomic E-state index is -0.855. The van der Waals surface area contributed by atoms with Crippen LogP contribution in [-0.2, 0) is 18.4 Å². The summed E-state index contributed by atoms with van der Waals surface area (Å²) in [6.07, 6.45) is 0. The van der Waals surface area contributed by atoms with Crippen LogP contribution in [0.4, 0.5) is 14.5 Å². The van der Waals surface area contributed by atoms with E-state index >= 15 is 0 Å². The molecule has 0 spiro atoms. The van der Waals surface area contributed by atoms with Crippen LogP contribution in [0.15, 0.2) is 47.6 Å². The Hall–Kier alpha value is -3.47. The van der Waals surface area contributed by atoms with E-state index in [1.165, 1.54) is 13.2 Å². The number of ether oxygens (including phenoxy) is 1. The lowest BCUT2D eigenvalue weighted by Crippen LogP contribution is -2.24. The zero-order chi connectivity index (χ0) is 22.4. The summed E-state index contributed by atoms with van der Waals surface area (Å²) in [4.78, 5) is 24.3. The highest BCUT2D eigenvalue weighted by Gasteiger charge is 2.15. The summed E-state index contributed by atoms with van der Waals surface area (Å²) in [6.45, 7) is 0.118. The number of hydrogen-bond acceptors (Lipinski definition) is 6. The normalized spacial score (nSPS) is 10.6. The van der Waals surface area contributed by atoms with E-state index in [-0.39, 0.29) is 18.2 Å². The van der Waals surface area contributed by atoms with Gasteiger partial charge in [-0.25, -0.2) is 8.78 Å². The summed E-state index contributed by atoms with van der Waals surface area (Å²) in [5.41, 5.74) is -0.0554. The van der Waals surface area contributed by atoms with Crippen molar-refractivity contribution in [3.05, 3.63) is 65.5 Å². The molecule has 0 bridgehead atoms. The third-order valence-electron chi connectivity index (χ3n) is 4.22. The van der Waals surface area contributed by atoms with E-state index in [1.54, 1.807) is 35.9 Å². The van der Waals surface area contributed by atoms with Gasteiger partial charge in [-0.3, -0.25) is 9.59 Å². The first-order chi connectivity index (χ1) is 14.9. The fourth-order valence-corrected chi connectivity index (χ4v) is 3.30. The van der Waals surface area contributed by atoms with Crippen molar-refractivity contribution in [1.29, 1.82) is 0 Å². The van der Waals surface area contributed by atoms with Gasteiger partial charge in [-0.1, -0.05) is 23.9 Å². The van der Waals surface area contributed by atoms with Gasteiger partial charge in [0, 0.05) is 12.6 Å². The second-order valence-corrected chi connectivity index (χ2v) is 7.25. The minimum absolute atomic E-state index is 0.118. The number of thioether (sulfide) groups is 1. The van der Waals surface area contributed by atoms with E-state index in [4.69, 9.17) is 4.74 Å². The maximum Gasteiger partial charge on any atom is 0.251 e. The SMILES string of the molecule is COc1cccc(C(=O)NCc2nnc(SCC(=O)Nc3c(F)cccc3F)n2C)c1. The Morgan fingerprint density at radius 3 is 2.55 bits per heavy atom. The Labute approximate surface area is 181 Å². The molecule has 8 nitrogen and oxygen atoms in total. The largest absolute Gasteiger partial charge is 0.497 e. The number of para-hydroxylation sites is 1. The maximum absolute atomic E-state index is 13.6. The molecular formula is C20H19F2N5O3S. The summed E-state index contributed by atoms with van der Waals surface area (Å²) >= 11 is 1.05. The molecule has 2 aromatic carbocycles. The van der Waals surface area contributed by atoms with Crippen molar-refractivity contribution in [2.75, 3.05) is 18.2 Å². The van der Waals surface area contributed by atoms with Crippen molar-refractivity contribution in [3.63, 3.8) is 0 Å². The summed E-state index contributed by atoms with van der Waals surface area (Å²) in [6, 6.07) is 10.0. The first-order valence-electron chi connectivity index (χ1n) is 9.06. The Morgan fingerprint density at radius 2 is 1.84 bits per heavy atom. The Bertz CT molecular complexity index is 1090. The van der Waals surface area contributed by atoms with Gasteiger partial charge in [0.25, 0.3) is 5.91 Å². The van der Waals surface area contributed by atoms with Crippen molar-refractivity contribution >= 4 is 29.3 Å². The van der Waals surface area contributed by atoms with E-state index in [0.717, 1.165) is 23.9 Å². The third kappa shape index (κ3) is 5.57. The quantitative estimate of drug-likeness (QED) is 0.516. The lowest BCUT2D eigenvalue weighted by Gasteiger charge is -2.08. The highest BCUT2D eigenvalue weighted by atomic mass is 32.2. The molecule has 2 N–H and O–H groups in total. The number of amides is 2. The number of aromatic nitrogens is 3. The molecule has 0 saturated carbocycles. The third-order valence-corrected chi connectivity index (χ3v) is 5.24. The van der Waals surface area contributed by atoms with Gasteiger partial charge >= 0.3 is 0 Å². The molecule has 0 aliphatic rings. The van der Waals surface area contributed by atoms with Crippen LogP contribution in [0.5, 0.6) is 5.75 Å². The lowest BCUT2D eigenvalue weighted by atomic mass is 10.2. The Morgan fingerprint density at radius 1 is 1.13 bits per heavy atom. The maximum atomic E-state index is 13.6. The molecule has 2 amide bonds. The van der Waals surface area contributed by atoms with Crippen molar-refractivity contribution in [2.45, 2.75) is 11.7 Å². The van der Waals surface area contributed by atoms with Crippen molar-refractivity contribution in [2.24, 2.45) is 7.05 Å². The lowest BCUT2D eigenvalue weighted by molar-refractivity contribution is -0.113. The fraction of sp³-hybridized carbons (Fsp3) is 0.200. The molecule has 0 saturated heterocycles.